The lowest BCUT2D eigenvalue weighted by atomic mass is 10.0. The van der Waals surface area contributed by atoms with E-state index in [-0.39, 0.29) is 19.4 Å². The standard InChI is InChI=1S/C40H74NO11P/c1-3-5-7-8-9-10-11-12-13-14-19-22-26-30-39(43)51-34(32-49-53(46,47)50-33-35(41)40(44)45)31-48-38(42)29-25-21-18-16-15-17-20-24-28-37-36(52-37)27-23-6-4-2/h20,24,34-37H,3-19,21-23,25-33,41H2,1-2H3,(H,44,45)(H,46,47)/b24-20-/t34-,35+,36?,37?/m1/s1. The molecule has 0 aliphatic carbocycles. The maximum Gasteiger partial charge on any atom is 0.472 e. The molecule has 13 heteroatoms. The van der Waals surface area contributed by atoms with Crippen molar-refractivity contribution in [3.8, 4) is 0 Å². The van der Waals surface area contributed by atoms with Crippen molar-refractivity contribution in [1.29, 1.82) is 0 Å². The van der Waals surface area contributed by atoms with Gasteiger partial charge in [0.2, 0.25) is 0 Å². The number of epoxide rings is 1. The van der Waals surface area contributed by atoms with Gasteiger partial charge in [-0.25, -0.2) is 4.57 Å². The molecule has 0 spiro atoms. The van der Waals surface area contributed by atoms with Crippen LogP contribution < -0.4 is 5.73 Å². The number of nitrogens with two attached hydrogens (primary N) is 1. The molecule has 0 aromatic heterocycles. The Morgan fingerprint density at radius 2 is 1.19 bits per heavy atom. The van der Waals surface area contributed by atoms with Gasteiger partial charge in [0.1, 0.15) is 12.6 Å². The molecule has 0 amide bonds. The summed E-state index contributed by atoms with van der Waals surface area (Å²) >= 11 is 0. The summed E-state index contributed by atoms with van der Waals surface area (Å²) in [7, 11) is -4.71. The first-order valence-corrected chi connectivity index (χ1v) is 22.3. The van der Waals surface area contributed by atoms with Gasteiger partial charge in [0, 0.05) is 12.8 Å². The largest absolute Gasteiger partial charge is 0.480 e. The van der Waals surface area contributed by atoms with Gasteiger partial charge in [-0.3, -0.25) is 23.4 Å². The van der Waals surface area contributed by atoms with Gasteiger partial charge in [0.25, 0.3) is 0 Å². The van der Waals surface area contributed by atoms with Crippen LogP contribution in [0.5, 0.6) is 0 Å². The zero-order chi connectivity index (χ0) is 39.0. The average molecular weight is 776 g/mol. The molecule has 5 atom stereocenters. The number of rotatable bonds is 38. The average Bonchev–Trinajstić information content (AvgIpc) is 3.88. The molecular weight excluding hydrogens is 701 g/mol. The predicted octanol–water partition coefficient (Wildman–Crippen LogP) is 9.49. The molecule has 0 bridgehead atoms. The molecule has 12 nitrogen and oxygen atoms in total. The third-order valence-electron chi connectivity index (χ3n) is 9.44. The molecule has 53 heavy (non-hydrogen) atoms. The minimum Gasteiger partial charge on any atom is -0.480 e. The number of esters is 2. The Bertz CT molecular complexity index is 1030. The van der Waals surface area contributed by atoms with E-state index >= 15 is 0 Å². The van der Waals surface area contributed by atoms with E-state index < -0.39 is 51.1 Å². The summed E-state index contributed by atoms with van der Waals surface area (Å²) in [4.78, 5) is 45.9. The van der Waals surface area contributed by atoms with Gasteiger partial charge in [0.05, 0.1) is 25.4 Å². The van der Waals surface area contributed by atoms with Crippen LogP contribution in [-0.4, -0.2) is 72.1 Å². The van der Waals surface area contributed by atoms with E-state index in [0.29, 0.717) is 25.0 Å². The Morgan fingerprint density at radius 3 is 1.77 bits per heavy atom. The molecule has 1 fully saturated rings. The lowest BCUT2D eigenvalue weighted by molar-refractivity contribution is -0.161. The fourth-order valence-corrected chi connectivity index (χ4v) is 6.79. The Morgan fingerprint density at radius 1 is 0.679 bits per heavy atom. The lowest BCUT2D eigenvalue weighted by Gasteiger charge is -2.20. The third kappa shape index (κ3) is 30.1. The van der Waals surface area contributed by atoms with E-state index in [1.807, 2.05) is 0 Å². The molecule has 1 aliphatic heterocycles. The molecule has 1 aliphatic rings. The van der Waals surface area contributed by atoms with Crippen molar-refractivity contribution in [2.24, 2.45) is 5.73 Å². The zero-order valence-corrected chi connectivity index (χ0v) is 34.0. The molecule has 0 saturated carbocycles. The van der Waals surface area contributed by atoms with Gasteiger partial charge in [0.15, 0.2) is 6.10 Å². The van der Waals surface area contributed by atoms with Crippen molar-refractivity contribution in [3.05, 3.63) is 12.2 Å². The number of carbonyl (C=O) groups is 3. The highest BCUT2D eigenvalue weighted by Gasteiger charge is 2.36. The molecule has 0 aromatic rings. The molecular formula is C40H74NO11P. The molecule has 4 N–H and O–H groups in total. The molecule has 3 unspecified atom stereocenters. The number of carboxylic acids is 1. The number of allylic oxidation sites excluding steroid dienone is 1. The predicted molar refractivity (Wildman–Crippen MR) is 207 cm³/mol. The van der Waals surface area contributed by atoms with Crippen molar-refractivity contribution >= 4 is 25.7 Å². The second-order valence-corrected chi connectivity index (χ2v) is 16.0. The normalized spacial score (nSPS) is 17.7. The first kappa shape index (κ1) is 49.2. The topological polar surface area (TPSA) is 184 Å². The summed E-state index contributed by atoms with van der Waals surface area (Å²) in [5.74, 6) is -2.40. The summed E-state index contributed by atoms with van der Waals surface area (Å²) in [6.07, 6.45) is 31.6. The first-order chi connectivity index (χ1) is 25.6. The van der Waals surface area contributed by atoms with E-state index in [1.54, 1.807) is 0 Å². The van der Waals surface area contributed by atoms with Crippen LogP contribution in [0.4, 0.5) is 0 Å². The van der Waals surface area contributed by atoms with Crippen molar-refractivity contribution < 1.29 is 52.2 Å². The van der Waals surface area contributed by atoms with Gasteiger partial charge in [-0.05, 0) is 38.5 Å². The minimum absolute atomic E-state index is 0.160. The van der Waals surface area contributed by atoms with Crippen molar-refractivity contribution in [1.82, 2.24) is 0 Å². The number of hydrogen-bond acceptors (Lipinski definition) is 10. The summed E-state index contributed by atoms with van der Waals surface area (Å²) in [5.41, 5.74) is 5.32. The molecule has 0 aromatic carbocycles. The highest BCUT2D eigenvalue weighted by Crippen LogP contribution is 2.43. The van der Waals surface area contributed by atoms with E-state index in [9.17, 15) is 23.8 Å². The fraction of sp³-hybridized carbons (Fsp3) is 0.875. The Labute approximate surface area is 320 Å². The van der Waals surface area contributed by atoms with Gasteiger partial charge in [-0.15, -0.1) is 0 Å². The monoisotopic (exact) mass is 775 g/mol. The molecule has 1 rings (SSSR count). The molecule has 1 heterocycles. The van der Waals surface area contributed by atoms with Gasteiger partial charge in [-0.2, -0.15) is 0 Å². The number of aliphatic carboxylic acids is 1. The summed E-state index contributed by atoms with van der Waals surface area (Å²) in [6, 6.07) is -1.52. The van der Waals surface area contributed by atoms with Gasteiger partial charge in [-0.1, -0.05) is 142 Å². The third-order valence-corrected chi connectivity index (χ3v) is 10.4. The van der Waals surface area contributed by atoms with Crippen LogP contribution in [0.1, 0.15) is 181 Å². The van der Waals surface area contributed by atoms with Crippen molar-refractivity contribution in [2.75, 3.05) is 19.8 Å². The Balaban J connectivity index is 2.29. The van der Waals surface area contributed by atoms with E-state index in [1.165, 1.54) is 83.5 Å². The fourth-order valence-electron chi connectivity index (χ4n) is 6.01. The van der Waals surface area contributed by atoms with Crippen LogP contribution in [0, 0.1) is 0 Å². The number of phosphoric ester groups is 1. The number of unbranched alkanes of at least 4 members (excludes halogenated alkanes) is 19. The highest BCUT2D eigenvalue weighted by molar-refractivity contribution is 7.47. The Hall–Kier alpha value is -1.82. The first-order valence-electron chi connectivity index (χ1n) is 20.8. The Kier molecular flexibility index (Phi) is 30.1. The number of carbonyl (C=O) groups excluding carboxylic acids is 2. The summed E-state index contributed by atoms with van der Waals surface area (Å²) in [6.45, 7) is 2.75. The molecule has 0 radical (unpaired) electrons. The SMILES string of the molecule is CCCCCCCCCCCCCCCC(=O)O[C@H](COC(=O)CCCCCCC/C=C\CC1OC1CCCCC)COP(=O)(O)OC[C@H](N)C(=O)O. The summed E-state index contributed by atoms with van der Waals surface area (Å²) in [5, 5.41) is 8.87. The highest BCUT2D eigenvalue weighted by atomic mass is 31.2. The van der Waals surface area contributed by atoms with Crippen molar-refractivity contribution in [3.63, 3.8) is 0 Å². The van der Waals surface area contributed by atoms with Gasteiger partial charge >= 0.3 is 25.7 Å². The van der Waals surface area contributed by atoms with E-state index in [0.717, 1.165) is 57.8 Å². The molecule has 1 saturated heterocycles. The number of phosphoric acid groups is 1. The quantitative estimate of drug-likeness (QED) is 0.0178. The zero-order valence-electron chi connectivity index (χ0n) is 33.1. The number of hydrogen-bond donors (Lipinski definition) is 3. The maximum atomic E-state index is 12.6. The van der Waals surface area contributed by atoms with E-state index in [4.69, 9.17) is 29.6 Å². The molecule has 310 valence electrons. The second-order valence-electron chi connectivity index (χ2n) is 14.5. The van der Waals surface area contributed by atoms with Crippen molar-refractivity contribution in [2.45, 2.75) is 205 Å². The second kappa shape index (κ2) is 32.4. The number of carboxylic acid groups (broad SMARTS) is 1. The van der Waals surface area contributed by atoms with Crippen LogP contribution in [-0.2, 0) is 42.2 Å². The minimum atomic E-state index is -4.71. The smallest absolute Gasteiger partial charge is 0.472 e. The summed E-state index contributed by atoms with van der Waals surface area (Å²) < 4.78 is 38.4. The van der Waals surface area contributed by atoms with Crippen LogP contribution in [0.3, 0.4) is 0 Å². The van der Waals surface area contributed by atoms with Crippen LogP contribution in [0.25, 0.3) is 0 Å². The van der Waals surface area contributed by atoms with Gasteiger partial charge < -0.3 is 29.9 Å². The van der Waals surface area contributed by atoms with Crippen LogP contribution in [0.15, 0.2) is 12.2 Å². The van der Waals surface area contributed by atoms with Crippen LogP contribution >= 0.6 is 7.82 Å². The van der Waals surface area contributed by atoms with Crippen LogP contribution in [0.2, 0.25) is 0 Å². The lowest BCUT2D eigenvalue weighted by Crippen LogP contribution is -2.34. The number of ether oxygens (including phenoxy) is 3. The van der Waals surface area contributed by atoms with E-state index in [2.05, 4.69) is 30.5 Å². The maximum absolute atomic E-state index is 12.6.